The van der Waals surface area contributed by atoms with Gasteiger partial charge in [-0.1, -0.05) is 19.1 Å². The summed E-state index contributed by atoms with van der Waals surface area (Å²) in [4.78, 5) is 5.15. The van der Waals surface area contributed by atoms with E-state index in [2.05, 4.69) is 18.0 Å². The second-order valence-electron chi connectivity index (χ2n) is 4.04. The van der Waals surface area contributed by atoms with E-state index in [1.807, 2.05) is 13.0 Å². The van der Waals surface area contributed by atoms with Crippen LogP contribution < -0.4 is 0 Å². The van der Waals surface area contributed by atoms with Crippen LogP contribution in [0.2, 0.25) is 0 Å². The summed E-state index contributed by atoms with van der Waals surface area (Å²) in [5.41, 5.74) is -0.752. The number of hydrogen-bond donors (Lipinski definition) is 1. The summed E-state index contributed by atoms with van der Waals surface area (Å²) >= 11 is 1.58. The van der Waals surface area contributed by atoms with Crippen LogP contribution in [0.15, 0.2) is 18.3 Å². The highest BCUT2D eigenvalue weighted by Gasteiger charge is 2.31. The first-order valence-electron chi connectivity index (χ1n) is 4.95. The molecular weight excluding hydrogens is 194 g/mol. The molecule has 0 saturated carbocycles. The van der Waals surface area contributed by atoms with Crippen LogP contribution in [-0.2, 0) is 5.60 Å². The van der Waals surface area contributed by atoms with E-state index < -0.39 is 5.60 Å². The molecule has 2 rings (SSSR count). The lowest BCUT2D eigenvalue weighted by Crippen LogP contribution is -2.25. The van der Waals surface area contributed by atoms with Gasteiger partial charge in [0.05, 0.1) is 9.88 Å². The maximum atomic E-state index is 10.4. The summed E-state index contributed by atoms with van der Waals surface area (Å²) in [6, 6.07) is 0. The Bertz CT molecular complexity index is 358. The van der Waals surface area contributed by atoms with Gasteiger partial charge in [0.1, 0.15) is 5.60 Å². The third-order valence-corrected chi connectivity index (χ3v) is 3.81. The van der Waals surface area contributed by atoms with Crippen LogP contribution in [0.3, 0.4) is 0 Å². The van der Waals surface area contributed by atoms with Gasteiger partial charge in [-0.2, -0.15) is 0 Å². The SMILES string of the molecule is Cc1ncc(C2(O)C=CC(C)CC2)s1. The number of rotatable bonds is 1. The Morgan fingerprint density at radius 2 is 2.43 bits per heavy atom. The molecule has 0 aliphatic heterocycles. The Hall–Kier alpha value is -0.670. The summed E-state index contributed by atoms with van der Waals surface area (Å²) in [6.45, 7) is 4.14. The van der Waals surface area contributed by atoms with Crippen LogP contribution >= 0.6 is 11.3 Å². The average Bonchev–Trinajstić information content (AvgIpc) is 2.58. The first-order valence-corrected chi connectivity index (χ1v) is 5.76. The fourth-order valence-electron chi connectivity index (χ4n) is 1.72. The number of aryl methyl sites for hydroxylation is 1. The Morgan fingerprint density at radius 1 is 1.64 bits per heavy atom. The zero-order valence-electron chi connectivity index (χ0n) is 8.53. The van der Waals surface area contributed by atoms with Gasteiger partial charge < -0.3 is 5.11 Å². The molecule has 0 fully saturated rings. The summed E-state index contributed by atoms with van der Waals surface area (Å²) in [6.07, 6.45) is 7.67. The number of aliphatic hydroxyl groups is 1. The summed E-state index contributed by atoms with van der Waals surface area (Å²) in [7, 11) is 0. The molecule has 2 atom stereocenters. The minimum Gasteiger partial charge on any atom is -0.380 e. The average molecular weight is 209 g/mol. The fourth-order valence-corrected chi connectivity index (χ4v) is 2.59. The molecule has 1 aromatic rings. The van der Waals surface area contributed by atoms with Crippen LogP contribution in [0.5, 0.6) is 0 Å². The Morgan fingerprint density at radius 3 is 2.93 bits per heavy atom. The Labute approximate surface area is 88.3 Å². The van der Waals surface area contributed by atoms with E-state index in [4.69, 9.17) is 0 Å². The van der Waals surface area contributed by atoms with E-state index in [1.165, 1.54) is 0 Å². The molecule has 0 bridgehead atoms. The molecule has 1 N–H and O–H groups in total. The van der Waals surface area contributed by atoms with Crippen LogP contribution in [-0.4, -0.2) is 10.1 Å². The monoisotopic (exact) mass is 209 g/mol. The van der Waals surface area contributed by atoms with E-state index in [0.717, 1.165) is 22.7 Å². The number of aromatic nitrogens is 1. The van der Waals surface area contributed by atoms with Crippen LogP contribution in [0.25, 0.3) is 0 Å². The fraction of sp³-hybridized carbons (Fsp3) is 0.545. The number of hydrogen-bond acceptors (Lipinski definition) is 3. The molecule has 0 amide bonds. The van der Waals surface area contributed by atoms with Crippen molar-refractivity contribution in [2.24, 2.45) is 5.92 Å². The van der Waals surface area contributed by atoms with Crippen molar-refractivity contribution >= 4 is 11.3 Å². The van der Waals surface area contributed by atoms with Gasteiger partial charge in [-0.15, -0.1) is 11.3 Å². The van der Waals surface area contributed by atoms with Crippen LogP contribution in [0.1, 0.15) is 29.7 Å². The Balaban J connectivity index is 2.29. The van der Waals surface area contributed by atoms with E-state index in [0.29, 0.717) is 5.92 Å². The summed E-state index contributed by atoms with van der Waals surface area (Å²) < 4.78 is 0. The van der Waals surface area contributed by atoms with E-state index in [-0.39, 0.29) is 0 Å². The molecular formula is C11H15NOS. The largest absolute Gasteiger partial charge is 0.380 e. The first-order chi connectivity index (χ1) is 6.60. The van der Waals surface area contributed by atoms with Gasteiger partial charge in [0.15, 0.2) is 0 Å². The van der Waals surface area contributed by atoms with Gasteiger partial charge in [0.25, 0.3) is 0 Å². The third kappa shape index (κ3) is 1.74. The minimum absolute atomic E-state index is 0.587. The molecule has 2 unspecified atom stereocenters. The maximum absolute atomic E-state index is 10.4. The molecule has 0 spiro atoms. The number of nitrogens with zero attached hydrogens (tertiary/aromatic N) is 1. The van der Waals surface area contributed by atoms with Gasteiger partial charge in [-0.25, -0.2) is 4.98 Å². The molecule has 14 heavy (non-hydrogen) atoms. The highest BCUT2D eigenvalue weighted by molar-refractivity contribution is 7.11. The van der Waals surface area contributed by atoms with Crippen LogP contribution in [0, 0.1) is 12.8 Å². The lowest BCUT2D eigenvalue weighted by molar-refractivity contribution is 0.0708. The molecule has 1 aromatic heterocycles. The van der Waals surface area contributed by atoms with Gasteiger partial charge in [-0.05, 0) is 25.7 Å². The Kier molecular flexibility index (Phi) is 2.45. The zero-order valence-corrected chi connectivity index (χ0v) is 9.34. The lowest BCUT2D eigenvalue weighted by atomic mass is 9.85. The highest BCUT2D eigenvalue weighted by atomic mass is 32.1. The van der Waals surface area contributed by atoms with Gasteiger partial charge in [0.2, 0.25) is 0 Å². The quantitative estimate of drug-likeness (QED) is 0.721. The van der Waals surface area contributed by atoms with Crippen molar-refractivity contribution in [2.75, 3.05) is 0 Å². The van der Waals surface area contributed by atoms with E-state index >= 15 is 0 Å². The topological polar surface area (TPSA) is 33.1 Å². The van der Waals surface area contributed by atoms with Crippen molar-refractivity contribution in [3.63, 3.8) is 0 Å². The standard InChI is InChI=1S/C11H15NOS/c1-8-3-5-11(13,6-4-8)10-7-12-9(2)14-10/h3,5,7-8,13H,4,6H2,1-2H3. The van der Waals surface area contributed by atoms with Crippen molar-refractivity contribution in [3.05, 3.63) is 28.2 Å². The van der Waals surface area contributed by atoms with Gasteiger partial charge in [0, 0.05) is 6.20 Å². The van der Waals surface area contributed by atoms with E-state index in [9.17, 15) is 5.11 Å². The van der Waals surface area contributed by atoms with Crippen molar-refractivity contribution in [3.8, 4) is 0 Å². The van der Waals surface area contributed by atoms with E-state index in [1.54, 1.807) is 17.5 Å². The summed E-state index contributed by atoms with van der Waals surface area (Å²) in [5.74, 6) is 0.587. The predicted octanol–water partition coefficient (Wildman–Crippen LogP) is 2.63. The molecule has 1 heterocycles. The highest BCUT2D eigenvalue weighted by Crippen LogP contribution is 2.36. The molecule has 0 aromatic carbocycles. The minimum atomic E-state index is -0.752. The summed E-state index contributed by atoms with van der Waals surface area (Å²) in [5, 5.41) is 11.4. The van der Waals surface area contributed by atoms with Crippen molar-refractivity contribution in [1.82, 2.24) is 4.98 Å². The molecule has 2 nitrogen and oxygen atoms in total. The predicted molar refractivity (Wildman–Crippen MR) is 58.3 cm³/mol. The van der Waals surface area contributed by atoms with Crippen molar-refractivity contribution < 1.29 is 5.11 Å². The second-order valence-corrected chi connectivity index (χ2v) is 5.28. The maximum Gasteiger partial charge on any atom is 0.118 e. The zero-order chi connectivity index (χ0) is 10.2. The number of thiazole rings is 1. The third-order valence-electron chi connectivity index (χ3n) is 2.73. The number of allylic oxidation sites excluding steroid dienone is 1. The van der Waals surface area contributed by atoms with Crippen molar-refractivity contribution in [1.29, 1.82) is 0 Å². The lowest BCUT2D eigenvalue weighted by Gasteiger charge is -2.28. The molecule has 1 aliphatic carbocycles. The normalized spacial score (nSPS) is 32.1. The molecule has 0 saturated heterocycles. The van der Waals surface area contributed by atoms with Crippen LogP contribution in [0.4, 0.5) is 0 Å². The molecule has 76 valence electrons. The smallest absolute Gasteiger partial charge is 0.118 e. The molecule has 1 aliphatic rings. The first kappa shape index (κ1) is 9.87. The van der Waals surface area contributed by atoms with Gasteiger partial charge in [-0.3, -0.25) is 0 Å². The van der Waals surface area contributed by atoms with Crippen molar-refractivity contribution in [2.45, 2.75) is 32.3 Å². The van der Waals surface area contributed by atoms with Gasteiger partial charge >= 0.3 is 0 Å². The second kappa shape index (κ2) is 3.48. The molecule has 3 heteroatoms. The molecule has 0 radical (unpaired) electrons.